The minimum absolute atomic E-state index is 0.434. The summed E-state index contributed by atoms with van der Waals surface area (Å²) >= 11 is 7.95. The molecule has 0 radical (unpaired) electrons. The van der Waals surface area contributed by atoms with Crippen molar-refractivity contribution in [2.45, 2.75) is 36.4 Å². The number of hydrogen-bond donors (Lipinski definition) is 1. The molecule has 19 heavy (non-hydrogen) atoms. The van der Waals surface area contributed by atoms with Crippen LogP contribution >= 0.6 is 23.4 Å². The van der Waals surface area contributed by atoms with E-state index in [1.807, 2.05) is 30.3 Å². The Labute approximate surface area is 123 Å². The molecule has 0 aliphatic carbocycles. The molecule has 0 aliphatic heterocycles. The van der Waals surface area contributed by atoms with Gasteiger partial charge < -0.3 is 5.32 Å². The third-order valence-corrected chi connectivity index (χ3v) is 4.02. The van der Waals surface area contributed by atoms with Gasteiger partial charge in [0.2, 0.25) is 0 Å². The van der Waals surface area contributed by atoms with E-state index in [0.717, 1.165) is 27.1 Å². The van der Waals surface area contributed by atoms with E-state index in [9.17, 15) is 0 Å². The standard InChI is InChI=1S/C15H17ClN2S/c1-11(2)18-10-12-13(16)6-5-7-14(12)19-15-8-3-4-9-17-15/h3-9,11,18H,10H2,1-2H3. The van der Waals surface area contributed by atoms with Gasteiger partial charge in [-0.3, -0.25) is 0 Å². The largest absolute Gasteiger partial charge is 0.310 e. The first kappa shape index (κ1) is 14.4. The van der Waals surface area contributed by atoms with Gasteiger partial charge in [0.15, 0.2) is 0 Å². The monoisotopic (exact) mass is 292 g/mol. The molecule has 1 aromatic carbocycles. The Hall–Kier alpha value is -1.03. The molecule has 0 amide bonds. The summed E-state index contributed by atoms with van der Waals surface area (Å²) in [5.41, 5.74) is 1.13. The molecule has 0 bridgehead atoms. The minimum Gasteiger partial charge on any atom is -0.310 e. The highest BCUT2D eigenvalue weighted by Gasteiger charge is 2.09. The van der Waals surface area contributed by atoms with Crippen LogP contribution < -0.4 is 5.32 Å². The molecule has 0 spiro atoms. The lowest BCUT2D eigenvalue weighted by Gasteiger charge is -2.13. The molecule has 4 heteroatoms. The van der Waals surface area contributed by atoms with Crippen molar-refractivity contribution in [2.24, 2.45) is 0 Å². The zero-order chi connectivity index (χ0) is 13.7. The molecule has 1 N–H and O–H groups in total. The van der Waals surface area contributed by atoms with Crippen LogP contribution in [0.3, 0.4) is 0 Å². The molecule has 100 valence electrons. The third-order valence-electron chi connectivity index (χ3n) is 2.62. The average Bonchev–Trinajstić information content (AvgIpc) is 2.39. The molecule has 0 fully saturated rings. The summed E-state index contributed by atoms with van der Waals surface area (Å²) in [6.45, 7) is 5.03. The SMILES string of the molecule is CC(C)NCc1c(Cl)cccc1Sc1ccccn1. The second-order valence-electron chi connectivity index (χ2n) is 4.52. The number of benzene rings is 1. The second kappa shape index (κ2) is 6.94. The Morgan fingerprint density at radius 1 is 1.21 bits per heavy atom. The van der Waals surface area contributed by atoms with Crippen LogP contribution in [0, 0.1) is 0 Å². The van der Waals surface area contributed by atoms with E-state index in [1.54, 1.807) is 18.0 Å². The van der Waals surface area contributed by atoms with Crippen molar-refractivity contribution in [1.82, 2.24) is 10.3 Å². The van der Waals surface area contributed by atoms with Gasteiger partial charge in [-0.25, -0.2) is 4.98 Å². The van der Waals surface area contributed by atoms with Crippen LogP contribution in [0.1, 0.15) is 19.4 Å². The lowest BCUT2D eigenvalue weighted by Crippen LogP contribution is -2.22. The minimum atomic E-state index is 0.434. The molecular formula is C15H17ClN2S. The predicted molar refractivity (Wildman–Crippen MR) is 81.8 cm³/mol. The van der Waals surface area contributed by atoms with Gasteiger partial charge in [-0.15, -0.1) is 0 Å². The van der Waals surface area contributed by atoms with Crippen molar-refractivity contribution in [2.75, 3.05) is 0 Å². The number of nitrogens with one attached hydrogen (secondary N) is 1. The Morgan fingerprint density at radius 2 is 2.05 bits per heavy atom. The molecule has 2 nitrogen and oxygen atoms in total. The van der Waals surface area contributed by atoms with E-state index in [2.05, 4.69) is 30.2 Å². The fraction of sp³-hybridized carbons (Fsp3) is 0.267. The van der Waals surface area contributed by atoms with Gasteiger partial charge in [0.1, 0.15) is 5.03 Å². The summed E-state index contributed by atoms with van der Waals surface area (Å²) in [5.74, 6) is 0. The third kappa shape index (κ3) is 4.23. The Morgan fingerprint density at radius 3 is 2.74 bits per heavy atom. The first-order valence-corrected chi connectivity index (χ1v) is 7.46. The number of hydrogen-bond acceptors (Lipinski definition) is 3. The normalized spacial score (nSPS) is 10.9. The summed E-state index contributed by atoms with van der Waals surface area (Å²) in [4.78, 5) is 5.49. The van der Waals surface area contributed by atoms with Gasteiger partial charge in [-0.1, -0.05) is 49.3 Å². The molecule has 2 aromatic rings. The molecule has 1 aromatic heterocycles. The number of nitrogens with zero attached hydrogens (tertiary/aromatic N) is 1. The van der Waals surface area contributed by atoms with Gasteiger partial charge in [-0.2, -0.15) is 0 Å². The molecule has 0 unspecified atom stereocenters. The summed E-state index contributed by atoms with van der Waals surface area (Å²) < 4.78 is 0. The van der Waals surface area contributed by atoms with E-state index in [1.165, 1.54) is 0 Å². The molecule has 0 atom stereocenters. The van der Waals surface area contributed by atoms with Crippen LogP contribution in [0.25, 0.3) is 0 Å². The predicted octanol–water partition coefficient (Wildman–Crippen LogP) is 4.38. The number of pyridine rings is 1. The topological polar surface area (TPSA) is 24.9 Å². The maximum absolute atomic E-state index is 6.31. The van der Waals surface area contributed by atoms with E-state index < -0.39 is 0 Å². The van der Waals surface area contributed by atoms with Crippen molar-refractivity contribution in [3.63, 3.8) is 0 Å². The smallest absolute Gasteiger partial charge is 0.101 e. The van der Waals surface area contributed by atoms with Crippen molar-refractivity contribution in [1.29, 1.82) is 0 Å². The molecule has 0 aliphatic rings. The Bertz CT molecular complexity index is 529. The number of halogens is 1. The molecular weight excluding hydrogens is 276 g/mol. The van der Waals surface area contributed by atoms with Gasteiger partial charge in [0.25, 0.3) is 0 Å². The van der Waals surface area contributed by atoms with Gasteiger partial charge in [0, 0.05) is 28.7 Å². The zero-order valence-corrected chi connectivity index (χ0v) is 12.6. The van der Waals surface area contributed by atoms with Crippen LogP contribution in [0.15, 0.2) is 52.5 Å². The van der Waals surface area contributed by atoms with Crippen LogP contribution in [0.5, 0.6) is 0 Å². The first-order valence-electron chi connectivity index (χ1n) is 6.26. The maximum atomic E-state index is 6.31. The summed E-state index contributed by atoms with van der Waals surface area (Å²) in [7, 11) is 0. The number of aromatic nitrogens is 1. The lowest BCUT2D eigenvalue weighted by molar-refractivity contribution is 0.585. The highest BCUT2D eigenvalue weighted by atomic mass is 35.5. The fourth-order valence-electron chi connectivity index (χ4n) is 1.63. The Kier molecular flexibility index (Phi) is 5.25. The first-order chi connectivity index (χ1) is 9.16. The summed E-state index contributed by atoms with van der Waals surface area (Å²) in [6.07, 6.45) is 1.80. The summed E-state index contributed by atoms with van der Waals surface area (Å²) in [6, 6.07) is 12.3. The van der Waals surface area contributed by atoms with Crippen molar-refractivity contribution >= 4 is 23.4 Å². The van der Waals surface area contributed by atoms with Crippen LogP contribution in [-0.4, -0.2) is 11.0 Å². The van der Waals surface area contributed by atoms with Crippen LogP contribution in [-0.2, 0) is 6.54 Å². The molecule has 0 saturated heterocycles. The average molecular weight is 293 g/mol. The lowest BCUT2D eigenvalue weighted by atomic mass is 10.2. The van der Waals surface area contributed by atoms with E-state index in [4.69, 9.17) is 11.6 Å². The summed E-state index contributed by atoms with van der Waals surface area (Å²) in [5, 5.41) is 5.19. The van der Waals surface area contributed by atoms with Crippen molar-refractivity contribution < 1.29 is 0 Å². The van der Waals surface area contributed by atoms with Gasteiger partial charge in [0.05, 0.1) is 0 Å². The van der Waals surface area contributed by atoms with E-state index in [0.29, 0.717) is 6.04 Å². The van der Waals surface area contributed by atoms with Gasteiger partial charge in [-0.05, 0) is 29.8 Å². The van der Waals surface area contributed by atoms with Crippen LogP contribution in [0.2, 0.25) is 5.02 Å². The van der Waals surface area contributed by atoms with E-state index in [-0.39, 0.29) is 0 Å². The number of rotatable bonds is 5. The quantitative estimate of drug-likeness (QED) is 0.885. The maximum Gasteiger partial charge on any atom is 0.101 e. The highest BCUT2D eigenvalue weighted by Crippen LogP contribution is 2.32. The van der Waals surface area contributed by atoms with Crippen LogP contribution in [0.4, 0.5) is 0 Å². The molecule has 2 rings (SSSR count). The fourth-order valence-corrected chi connectivity index (χ4v) is 2.87. The molecule has 1 heterocycles. The highest BCUT2D eigenvalue weighted by molar-refractivity contribution is 7.99. The van der Waals surface area contributed by atoms with Gasteiger partial charge >= 0.3 is 0 Å². The molecule has 0 saturated carbocycles. The second-order valence-corrected chi connectivity index (χ2v) is 5.99. The van der Waals surface area contributed by atoms with E-state index >= 15 is 0 Å². The zero-order valence-electron chi connectivity index (χ0n) is 11.1. The van der Waals surface area contributed by atoms with Crippen molar-refractivity contribution in [3.05, 3.63) is 53.2 Å². The Balaban J connectivity index is 2.22. The van der Waals surface area contributed by atoms with Crippen molar-refractivity contribution in [3.8, 4) is 0 Å².